The molecule has 0 aromatic heterocycles. The van der Waals surface area contributed by atoms with Crippen molar-refractivity contribution in [2.75, 3.05) is 27.2 Å². The number of hydrogen-bond acceptors (Lipinski definition) is 3. The minimum atomic E-state index is -0.873. The maximum Gasteiger partial charge on any atom is 0.314 e. The lowest BCUT2D eigenvalue weighted by molar-refractivity contribution is -0.142. The van der Waals surface area contributed by atoms with E-state index in [2.05, 4.69) is 10.6 Å². The van der Waals surface area contributed by atoms with E-state index >= 15 is 0 Å². The van der Waals surface area contributed by atoms with Gasteiger partial charge in [-0.2, -0.15) is 0 Å². The first kappa shape index (κ1) is 18.7. The number of carboxylic acid groups (broad SMARTS) is 1. The average Bonchev–Trinajstić information content (AvgIpc) is 2.29. The Hall–Kier alpha value is -1.30. The van der Waals surface area contributed by atoms with Gasteiger partial charge >= 0.3 is 12.0 Å². The molecule has 0 aliphatic rings. The first-order valence-corrected chi connectivity index (χ1v) is 6.94. The third-order valence-electron chi connectivity index (χ3n) is 3.16. The number of likely N-dealkylation sites (N-methyl/N-ethyl adjacent to an activating group) is 1. The molecule has 0 aromatic carbocycles. The molecule has 3 N–H and O–H groups in total. The second-order valence-corrected chi connectivity index (χ2v) is 6.70. The van der Waals surface area contributed by atoms with Crippen LogP contribution in [-0.2, 0) is 4.79 Å². The maximum absolute atomic E-state index is 11.6. The van der Waals surface area contributed by atoms with Gasteiger partial charge in [-0.05, 0) is 32.9 Å². The van der Waals surface area contributed by atoms with Gasteiger partial charge in [0.15, 0.2) is 0 Å². The lowest BCUT2D eigenvalue weighted by Crippen LogP contribution is -2.45. The zero-order valence-electron chi connectivity index (χ0n) is 13.5. The molecule has 0 spiro atoms. The van der Waals surface area contributed by atoms with Crippen molar-refractivity contribution in [2.45, 2.75) is 40.2 Å². The summed E-state index contributed by atoms with van der Waals surface area (Å²) < 4.78 is 0. The number of aliphatic carboxylic acids is 1. The van der Waals surface area contributed by atoms with Gasteiger partial charge in [-0.25, -0.2) is 4.79 Å². The minimum Gasteiger partial charge on any atom is -0.481 e. The van der Waals surface area contributed by atoms with E-state index in [-0.39, 0.29) is 24.0 Å². The van der Waals surface area contributed by atoms with Crippen molar-refractivity contribution in [2.24, 2.45) is 11.3 Å². The fourth-order valence-corrected chi connectivity index (χ4v) is 1.69. The molecule has 0 aliphatic heterocycles. The molecule has 118 valence electrons. The van der Waals surface area contributed by atoms with Gasteiger partial charge in [-0.1, -0.05) is 20.8 Å². The molecule has 0 heterocycles. The van der Waals surface area contributed by atoms with Crippen LogP contribution in [0, 0.1) is 11.3 Å². The number of nitrogens with zero attached hydrogens (tertiary/aromatic N) is 1. The minimum absolute atomic E-state index is 0.0827. The molecule has 2 amide bonds. The first-order valence-electron chi connectivity index (χ1n) is 6.94. The molecule has 6 nitrogen and oxygen atoms in total. The molecule has 0 aromatic rings. The largest absolute Gasteiger partial charge is 0.481 e. The number of nitrogens with one attached hydrogen (secondary N) is 2. The summed E-state index contributed by atoms with van der Waals surface area (Å²) in [6.45, 7) is 8.63. The lowest BCUT2D eigenvalue weighted by Gasteiger charge is -2.24. The fourth-order valence-electron chi connectivity index (χ4n) is 1.69. The van der Waals surface area contributed by atoms with Crippen molar-refractivity contribution in [1.29, 1.82) is 0 Å². The highest BCUT2D eigenvalue weighted by Crippen LogP contribution is 2.24. The highest BCUT2D eigenvalue weighted by Gasteiger charge is 2.24. The van der Waals surface area contributed by atoms with Crippen molar-refractivity contribution in [3.05, 3.63) is 0 Å². The van der Waals surface area contributed by atoms with Crippen LogP contribution in [-0.4, -0.2) is 55.2 Å². The number of carbonyl (C=O) groups is 2. The predicted molar refractivity (Wildman–Crippen MR) is 79.7 cm³/mol. The standard InChI is InChI=1S/C14H29N3O3/c1-10(17(5)6)8-15-13(20)16-9-11(12(18)19)7-14(2,3)4/h10-11H,7-9H2,1-6H3,(H,18,19)(H2,15,16,20). The number of amides is 2. The summed E-state index contributed by atoms with van der Waals surface area (Å²) in [6, 6.07) is -0.0931. The van der Waals surface area contributed by atoms with Gasteiger partial charge in [-0.15, -0.1) is 0 Å². The van der Waals surface area contributed by atoms with Crippen molar-refractivity contribution in [3.8, 4) is 0 Å². The Balaban J connectivity index is 4.16. The maximum atomic E-state index is 11.6. The van der Waals surface area contributed by atoms with Gasteiger partial charge in [0.1, 0.15) is 0 Å². The van der Waals surface area contributed by atoms with Crippen molar-refractivity contribution in [3.63, 3.8) is 0 Å². The van der Waals surface area contributed by atoms with E-state index in [4.69, 9.17) is 5.11 Å². The van der Waals surface area contributed by atoms with E-state index in [0.717, 1.165) is 0 Å². The van der Waals surface area contributed by atoms with Crippen LogP contribution in [0.15, 0.2) is 0 Å². The SMILES string of the molecule is CC(CNC(=O)NCC(CC(C)(C)C)C(=O)O)N(C)C. The highest BCUT2D eigenvalue weighted by molar-refractivity contribution is 5.75. The molecule has 0 aliphatic carbocycles. The molecule has 2 unspecified atom stereocenters. The van der Waals surface area contributed by atoms with Gasteiger partial charge in [0.25, 0.3) is 0 Å². The smallest absolute Gasteiger partial charge is 0.314 e. The number of hydrogen-bond donors (Lipinski definition) is 3. The number of carboxylic acids is 1. The zero-order valence-corrected chi connectivity index (χ0v) is 13.5. The Labute approximate surface area is 121 Å². The summed E-state index contributed by atoms with van der Waals surface area (Å²) in [4.78, 5) is 24.8. The third-order valence-corrected chi connectivity index (χ3v) is 3.16. The lowest BCUT2D eigenvalue weighted by atomic mass is 9.84. The summed E-state index contributed by atoms with van der Waals surface area (Å²) >= 11 is 0. The molecule has 20 heavy (non-hydrogen) atoms. The quantitative estimate of drug-likeness (QED) is 0.660. The van der Waals surface area contributed by atoms with Crippen LogP contribution in [0.3, 0.4) is 0 Å². The molecule has 0 saturated carbocycles. The Bertz CT molecular complexity index is 324. The van der Waals surface area contributed by atoms with Gasteiger partial charge in [0, 0.05) is 19.1 Å². The third kappa shape index (κ3) is 8.74. The number of rotatable bonds is 7. The Morgan fingerprint density at radius 1 is 1.15 bits per heavy atom. The molecule has 0 radical (unpaired) electrons. The molecular weight excluding hydrogens is 258 g/mol. The van der Waals surface area contributed by atoms with E-state index < -0.39 is 11.9 Å². The van der Waals surface area contributed by atoms with Crippen molar-refractivity contribution >= 4 is 12.0 Å². The monoisotopic (exact) mass is 287 g/mol. The molecule has 6 heteroatoms. The van der Waals surface area contributed by atoms with E-state index in [0.29, 0.717) is 13.0 Å². The molecule has 0 rings (SSSR count). The normalized spacial score (nSPS) is 14.8. The molecule has 0 bridgehead atoms. The van der Waals surface area contributed by atoms with Crippen LogP contribution in [0.1, 0.15) is 34.1 Å². The Morgan fingerprint density at radius 3 is 2.05 bits per heavy atom. The molecule has 0 fully saturated rings. The first-order chi connectivity index (χ1) is 9.03. The van der Waals surface area contributed by atoms with Crippen LogP contribution in [0.5, 0.6) is 0 Å². The zero-order chi connectivity index (χ0) is 15.9. The summed E-state index contributed by atoms with van der Waals surface area (Å²) in [6.07, 6.45) is 0.525. The van der Waals surface area contributed by atoms with Gasteiger partial charge in [0.05, 0.1) is 5.92 Å². The molecular formula is C14H29N3O3. The fraction of sp³-hybridized carbons (Fsp3) is 0.857. The molecule has 2 atom stereocenters. The van der Waals surface area contributed by atoms with Crippen molar-refractivity contribution < 1.29 is 14.7 Å². The van der Waals surface area contributed by atoms with Gasteiger partial charge < -0.3 is 20.6 Å². The number of carbonyl (C=O) groups excluding carboxylic acids is 1. The van der Waals surface area contributed by atoms with Crippen molar-refractivity contribution in [1.82, 2.24) is 15.5 Å². The van der Waals surface area contributed by atoms with Crippen LogP contribution in [0.25, 0.3) is 0 Å². The molecule has 0 saturated heterocycles. The average molecular weight is 287 g/mol. The Kier molecular flexibility index (Phi) is 7.57. The summed E-state index contributed by atoms with van der Waals surface area (Å²) in [7, 11) is 3.88. The van der Waals surface area contributed by atoms with E-state index in [1.165, 1.54) is 0 Å². The second kappa shape index (κ2) is 8.09. The van der Waals surface area contributed by atoms with E-state index in [9.17, 15) is 9.59 Å². The van der Waals surface area contributed by atoms with Crippen LogP contribution in [0.4, 0.5) is 4.79 Å². The second-order valence-electron chi connectivity index (χ2n) is 6.70. The summed E-state index contributed by atoms with van der Waals surface area (Å²) in [5.74, 6) is -1.44. The Morgan fingerprint density at radius 2 is 1.65 bits per heavy atom. The van der Waals surface area contributed by atoms with Gasteiger partial charge in [0.2, 0.25) is 0 Å². The van der Waals surface area contributed by atoms with E-state index in [1.54, 1.807) is 0 Å². The van der Waals surface area contributed by atoms with Crippen LogP contribution < -0.4 is 10.6 Å². The predicted octanol–water partition coefficient (Wildman–Crippen LogP) is 1.37. The van der Waals surface area contributed by atoms with Crippen LogP contribution in [0.2, 0.25) is 0 Å². The summed E-state index contributed by atoms with van der Waals surface area (Å²) in [5.41, 5.74) is -0.0827. The topological polar surface area (TPSA) is 81.7 Å². The van der Waals surface area contributed by atoms with Gasteiger partial charge in [-0.3, -0.25) is 4.79 Å². The van der Waals surface area contributed by atoms with E-state index in [1.807, 2.05) is 46.7 Å². The van der Waals surface area contributed by atoms with Crippen LogP contribution >= 0.6 is 0 Å². The number of urea groups is 1. The highest BCUT2D eigenvalue weighted by atomic mass is 16.4. The summed E-state index contributed by atoms with van der Waals surface area (Å²) in [5, 5.41) is 14.5.